The molecule has 21 aromatic rings. The summed E-state index contributed by atoms with van der Waals surface area (Å²) in [5.74, 6) is 2.85. The summed E-state index contributed by atoms with van der Waals surface area (Å²) < 4.78 is 29.6. The first-order valence-electron chi connectivity index (χ1n) is 47.9. The average Bonchev–Trinajstić information content (AvgIpc) is 1.41. The van der Waals surface area contributed by atoms with Crippen LogP contribution in [0.25, 0.3) is 151 Å². The highest BCUT2D eigenvalue weighted by atomic mass is 16.5. The number of amides is 3. The first-order chi connectivity index (χ1) is 64.7. The molecule has 21 aromatic carbocycles. The van der Waals surface area contributed by atoms with Gasteiger partial charge in [0, 0.05) is 60.0 Å². The van der Waals surface area contributed by atoms with E-state index in [1.165, 1.54) is 4.90 Å². The highest BCUT2D eigenvalue weighted by Crippen LogP contribution is 2.60. The second-order valence-corrected chi connectivity index (χ2v) is 43.8. The van der Waals surface area contributed by atoms with E-state index >= 15 is 14.4 Å². The predicted octanol–water partition coefficient (Wildman–Crippen LogP) is 33.6. The molecule has 5 N–H and O–H groups in total. The largest absolute Gasteiger partial charge is 0.457 e. The Bertz CT molecular complexity index is 8410. The Labute approximate surface area is 791 Å². The van der Waals surface area contributed by atoms with E-state index in [0.29, 0.717) is 107 Å². The predicted molar refractivity (Wildman–Crippen MR) is 567 cm³/mol. The lowest BCUT2D eigenvalue weighted by molar-refractivity contribution is 0.0870. The fraction of sp³-hybridized carbons (Fsp3) is 0.234. The van der Waals surface area contributed by atoms with Crippen LogP contribution in [0.15, 0.2) is 243 Å². The van der Waals surface area contributed by atoms with Gasteiger partial charge < -0.3 is 35.5 Å². The van der Waals surface area contributed by atoms with Gasteiger partial charge in [0.05, 0.1) is 28.1 Å². The van der Waals surface area contributed by atoms with Gasteiger partial charge in [-0.15, -0.1) is 0 Å². The van der Waals surface area contributed by atoms with E-state index in [0.717, 1.165) is 179 Å². The molecule has 136 heavy (non-hydrogen) atoms. The van der Waals surface area contributed by atoms with Crippen LogP contribution in [0.5, 0.6) is 46.0 Å². The fourth-order valence-electron chi connectivity index (χ4n) is 22.6. The molecule has 1 atom stereocenters. The van der Waals surface area contributed by atoms with Crippen LogP contribution in [-0.4, -0.2) is 22.8 Å². The third kappa shape index (κ3) is 13.0. The van der Waals surface area contributed by atoms with Gasteiger partial charge in [-0.2, -0.15) is 0 Å². The summed E-state index contributed by atoms with van der Waals surface area (Å²) in [6, 6.07) is 85.0. The average molecular weight is 1780 g/mol. The molecule has 0 spiro atoms. The number of aliphatic hydroxyl groups excluding tert-OH is 1. The molecule has 23 rings (SSSR count). The monoisotopic (exact) mass is 1780 g/mol. The van der Waals surface area contributed by atoms with Crippen LogP contribution < -0.4 is 40.2 Å². The van der Waals surface area contributed by atoms with Crippen LogP contribution in [0.3, 0.4) is 0 Å². The molecule has 2 aliphatic heterocycles. The number of imide groups is 1. The normalized spacial score (nSPS) is 14.3. The van der Waals surface area contributed by atoms with Crippen molar-refractivity contribution in [3.8, 4) is 46.0 Å². The topological polar surface area (TPSA) is 167 Å². The number of nitrogen functional groups attached to an aromatic ring is 2. The van der Waals surface area contributed by atoms with Gasteiger partial charge in [0.1, 0.15) is 46.0 Å². The third-order valence-electron chi connectivity index (χ3n) is 29.6. The number of carbonyl (C=O) groups excluding carboxylic acids is 3. The standard InChI is InChI=1S/C124H110N4O8/c1-61(2)87-53-73(125)54-88(62(3)4)115(87)127-117(129)95-57-99(133-75-33-25-69(26-34-75)121(9,10)11)109-83-45-41-79-91-49-65-21-23-67-51-93-81-43-47-85-106-86(48-44-82(104(81)106)94(93)52-68(67)24-22-66(65)50-92(91)80-42-46-84(105(83)103(79)80)110-100(58-96(118(127)130)107(95)113(109)110)134-76-35-27-70(28-36-76)122(12,13)14)112-102(136-78-39-31-72(32-40-78)124(18,19)20)60-98-108-97(59-101(111(85)114(108)112)135-77-37-29-71(30-38-77)123(15,16)17)119(131)128(120(98)132)116-89(63(5)6)55-74(126)56-90(116)64(7)8/h21-64,117,129H,125-126H2,1-20H3/t117-/m0/s1. The number of hydrogen-bond acceptors (Lipinski definition) is 10. The molecule has 12 nitrogen and oxygen atoms in total. The van der Waals surface area contributed by atoms with Crippen LogP contribution in [0.2, 0.25) is 0 Å². The van der Waals surface area contributed by atoms with Crippen molar-refractivity contribution in [1.29, 1.82) is 0 Å². The van der Waals surface area contributed by atoms with Gasteiger partial charge in [-0.1, -0.05) is 260 Å². The molecule has 0 saturated carbocycles. The number of benzene rings is 18. The van der Waals surface area contributed by atoms with Gasteiger partial charge >= 0.3 is 0 Å². The zero-order valence-corrected chi connectivity index (χ0v) is 80.8. The van der Waals surface area contributed by atoms with Crippen molar-refractivity contribution in [3.05, 3.63) is 309 Å². The van der Waals surface area contributed by atoms with Gasteiger partial charge in [0.25, 0.3) is 17.7 Å². The lowest BCUT2D eigenvalue weighted by atomic mass is 9.82. The second-order valence-electron chi connectivity index (χ2n) is 43.8. The van der Waals surface area contributed by atoms with Crippen molar-refractivity contribution >= 4 is 191 Å². The van der Waals surface area contributed by atoms with E-state index in [-0.39, 0.29) is 51.2 Å². The Morgan fingerprint density at radius 3 is 0.794 bits per heavy atom. The summed E-state index contributed by atoms with van der Waals surface area (Å²) >= 11 is 0. The van der Waals surface area contributed by atoms with Gasteiger partial charge in [-0.05, 0) is 319 Å². The molecule has 0 bridgehead atoms. The van der Waals surface area contributed by atoms with Crippen LogP contribution in [0.4, 0.5) is 22.7 Å². The second kappa shape index (κ2) is 30.0. The molecular weight excluding hydrogens is 1670 g/mol. The smallest absolute Gasteiger partial charge is 0.266 e. The van der Waals surface area contributed by atoms with Crippen LogP contribution in [-0.2, 0) is 21.7 Å². The van der Waals surface area contributed by atoms with E-state index in [4.69, 9.17) is 30.4 Å². The Hall–Kier alpha value is -14.6. The van der Waals surface area contributed by atoms with Gasteiger partial charge in [-0.3, -0.25) is 19.3 Å². The Morgan fingerprint density at radius 1 is 0.265 bits per heavy atom. The molecule has 12 heteroatoms. The van der Waals surface area contributed by atoms with E-state index in [1.54, 1.807) is 4.90 Å². The molecule has 3 amide bonds. The summed E-state index contributed by atoms with van der Waals surface area (Å²) in [6.07, 6.45) is -1.44. The van der Waals surface area contributed by atoms with Gasteiger partial charge in [0.2, 0.25) is 0 Å². The molecule has 0 aliphatic carbocycles. The number of aliphatic hydroxyl groups is 1. The number of nitrogens with two attached hydrogens (primary N) is 2. The molecular formula is C124H110N4O8. The van der Waals surface area contributed by atoms with Gasteiger partial charge in [-0.25, -0.2) is 4.90 Å². The first-order valence-corrected chi connectivity index (χ1v) is 47.9. The quantitative estimate of drug-likeness (QED) is 0.0413. The summed E-state index contributed by atoms with van der Waals surface area (Å²) in [6.45, 7) is 43.1. The van der Waals surface area contributed by atoms with E-state index in [1.807, 2.05) is 97.1 Å². The van der Waals surface area contributed by atoms with E-state index in [2.05, 4.69) is 284 Å². The van der Waals surface area contributed by atoms with Crippen molar-refractivity contribution in [2.75, 3.05) is 21.3 Å². The summed E-state index contributed by atoms with van der Waals surface area (Å²) in [5, 5.41) is 40.3. The summed E-state index contributed by atoms with van der Waals surface area (Å²) in [7, 11) is 0. The third-order valence-corrected chi connectivity index (χ3v) is 29.6. The van der Waals surface area contributed by atoms with E-state index in [9.17, 15) is 5.11 Å². The molecule has 0 aromatic heterocycles. The zero-order valence-electron chi connectivity index (χ0n) is 80.8. The maximum absolute atomic E-state index is 16.4. The van der Waals surface area contributed by atoms with Crippen molar-refractivity contribution in [1.82, 2.24) is 0 Å². The van der Waals surface area contributed by atoms with Crippen LogP contribution in [0, 0.1) is 0 Å². The maximum Gasteiger partial charge on any atom is 0.266 e. The van der Waals surface area contributed by atoms with Gasteiger partial charge in [0.15, 0.2) is 6.23 Å². The SMILES string of the molecule is CC(C)c1cc(N)cc(C(C)C)c1N1C(=O)c2cc(Oc3ccc(C(C)(C)C)cc3)c3c4ccc5c6cc7ccc8cc9c(cc8ccc7cc6c6ccc(c7c(Oc8ccc(C(C)(C)C)cc8)cc(c2c37)C1=O)c4c56)c1ccc2c3c(Oc4ccc(C(C)(C)C)cc4)cc4c5c(cc(Oc6ccc(C(C)(C)C)cc6)c(c6ccc9c1c62)c53)C(=O)N(c1c(C(C)C)cc(N)cc1C(C)C)[C@H]4O. The summed E-state index contributed by atoms with van der Waals surface area (Å²) in [4.78, 5) is 52.0. The molecule has 0 unspecified atom stereocenters. The van der Waals surface area contributed by atoms with E-state index < -0.39 is 18.0 Å². The lowest BCUT2D eigenvalue weighted by Crippen LogP contribution is -2.42. The lowest BCUT2D eigenvalue weighted by Gasteiger charge is -2.38. The van der Waals surface area contributed by atoms with Crippen molar-refractivity contribution in [2.45, 2.75) is 190 Å². The Morgan fingerprint density at radius 2 is 0.515 bits per heavy atom. The molecule has 0 radical (unpaired) electrons. The number of hydrogen-bond donors (Lipinski definition) is 3. The van der Waals surface area contributed by atoms with Crippen LogP contribution >= 0.6 is 0 Å². The van der Waals surface area contributed by atoms with Crippen molar-refractivity contribution < 1.29 is 38.4 Å². The zero-order chi connectivity index (χ0) is 94.9. The highest BCUT2D eigenvalue weighted by Gasteiger charge is 2.44. The van der Waals surface area contributed by atoms with Crippen LogP contribution in [0.1, 0.15) is 250 Å². The number of anilines is 4. The maximum atomic E-state index is 16.4. The van der Waals surface area contributed by atoms with Crippen molar-refractivity contribution in [2.24, 2.45) is 0 Å². The van der Waals surface area contributed by atoms with Crippen molar-refractivity contribution in [3.63, 3.8) is 0 Å². The number of fused-ring (bicyclic) bond motifs is 12. The first kappa shape index (κ1) is 85.6. The Kier molecular flexibility index (Phi) is 18.9. The molecule has 2 heterocycles. The molecule has 674 valence electrons. The molecule has 2 aliphatic rings. The summed E-state index contributed by atoms with van der Waals surface area (Å²) in [5.41, 5.74) is 24.9. The highest BCUT2D eigenvalue weighted by molar-refractivity contribution is 6.49. The Balaban J connectivity index is 0.733. The number of nitrogens with zero attached hydrogens (tertiary/aromatic N) is 2. The minimum absolute atomic E-state index is 0.0594. The minimum Gasteiger partial charge on any atom is -0.457 e. The molecule has 0 fully saturated rings. The number of carbonyl (C=O) groups is 3. The number of rotatable bonds is 14. The minimum atomic E-state index is -1.44. The fourth-order valence-corrected chi connectivity index (χ4v) is 22.6. The number of ether oxygens (including phenoxy) is 4. The molecule has 0 saturated heterocycles.